The molecular weight excluding hydrogens is 372 g/mol. The third-order valence-corrected chi connectivity index (χ3v) is 5.18. The van der Waals surface area contributed by atoms with Crippen molar-refractivity contribution >= 4 is 5.91 Å². The molecule has 0 spiro atoms. The number of ether oxygens (including phenoxy) is 1. The van der Waals surface area contributed by atoms with Gasteiger partial charge in [-0.3, -0.25) is 9.69 Å². The second-order valence-corrected chi connectivity index (χ2v) is 7.34. The van der Waals surface area contributed by atoms with Crippen LogP contribution in [0, 0.1) is 0 Å². The number of aliphatic hydroxyl groups is 1. The van der Waals surface area contributed by atoms with E-state index in [-0.39, 0.29) is 5.91 Å². The van der Waals surface area contributed by atoms with E-state index in [1.165, 1.54) is 0 Å². The molecule has 29 heavy (non-hydrogen) atoms. The Kier molecular flexibility index (Phi) is 8.09. The molecule has 0 aliphatic carbocycles. The molecule has 1 aliphatic rings. The first-order chi connectivity index (χ1) is 14.1. The Morgan fingerprint density at radius 3 is 2.79 bits per heavy atom. The maximum Gasteiger partial charge on any atom is 0.222 e. The highest BCUT2D eigenvalue weighted by molar-refractivity contribution is 5.75. The van der Waals surface area contributed by atoms with E-state index in [2.05, 4.69) is 20.4 Å². The number of aromatic nitrogens is 4. The average Bonchev–Trinajstić information content (AvgIpc) is 3.19. The zero-order chi connectivity index (χ0) is 20.5. The fraction of sp³-hybridized carbons (Fsp3) is 0.600. The highest BCUT2D eigenvalue weighted by atomic mass is 16.5. The number of carbonyl (C=O) groups is 1. The van der Waals surface area contributed by atoms with Crippen molar-refractivity contribution in [2.45, 2.75) is 38.5 Å². The molecule has 9 nitrogen and oxygen atoms in total. The minimum absolute atomic E-state index is 0.0630. The van der Waals surface area contributed by atoms with Gasteiger partial charge in [-0.2, -0.15) is 0 Å². The molecule has 3 rings (SSSR count). The fourth-order valence-electron chi connectivity index (χ4n) is 3.32. The molecule has 1 fully saturated rings. The Bertz CT molecular complexity index is 748. The Morgan fingerprint density at radius 2 is 2.03 bits per heavy atom. The van der Waals surface area contributed by atoms with Crippen LogP contribution in [0.25, 0.3) is 0 Å². The second-order valence-electron chi connectivity index (χ2n) is 7.34. The second kappa shape index (κ2) is 11.0. The largest absolute Gasteiger partial charge is 0.388 e. The van der Waals surface area contributed by atoms with E-state index in [9.17, 15) is 9.90 Å². The lowest BCUT2D eigenvalue weighted by atomic mass is 10.1. The molecule has 1 aliphatic heterocycles. The van der Waals surface area contributed by atoms with Gasteiger partial charge >= 0.3 is 0 Å². The number of carbonyl (C=O) groups excluding carboxylic acids is 1. The standard InChI is InChI=1S/C20H30N6O3/c1-24(11-9-18(27)17-6-3-2-4-7-17)20(28)8-5-10-26-19(21-22-23-26)16-25-12-14-29-15-13-25/h2-4,6-7,18,27H,5,8-16H2,1H3/t18-/m0/s1. The first-order valence-electron chi connectivity index (χ1n) is 10.2. The minimum Gasteiger partial charge on any atom is -0.388 e. The van der Waals surface area contributed by atoms with Crippen LogP contribution in [-0.4, -0.2) is 80.9 Å². The van der Waals surface area contributed by atoms with Gasteiger partial charge in [-0.15, -0.1) is 5.10 Å². The van der Waals surface area contributed by atoms with Crippen molar-refractivity contribution in [3.8, 4) is 0 Å². The molecule has 1 N–H and O–H groups in total. The van der Waals surface area contributed by atoms with E-state index < -0.39 is 6.10 Å². The average molecular weight is 402 g/mol. The van der Waals surface area contributed by atoms with Gasteiger partial charge in [-0.1, -0.05) is 30.3 Å². The number of tetrazole rings is 1. The lowest BCUT2D eigenvalue weighted by Crippen LogP contribution is -2.36. The third-order valence-electron chi connectivity index (χ3n) is 5.18. The maximum absolute atomic E-state index is 12.4. The van der Waals surface area contributed by atoms with Crippen LogP contribution in [0.4, 0.5) is 0 Å². The summed E-state index contributed by atoms with van der Waals surface area (Å²) in [6.07, 6.45) is 1.05. The lowest BCUT2D eigenvalue weighted by Gasteiger charge is -2.25. The Balaban J connectivity index is 1.37. The SMILES string of the molecule is CN(CC[C@H](O)c1ccccc1)C(=O)CCCn1nnnc1CN1CCOCC1. The first-order valence-corrected chi connectivity index (χ1v) is 10.2. The Hall–Kier alpha value is -2.36. The predicted octanol–water partition coefficient (Wildman–Crippen LogP) is 0.868. The molecular formula is C20H30N6O3. The number of hydrogen-bond acceptors (Lipinski definition) is 7. The van der Waals surface area contributed by atoms with E-state index in [0.29, 0.717) is 38.9 Å². The van der Waals surface area contributed by atoms with Gasteiger partial charge in [0.15, 0.2) is 5.82 Å². The molecule has 1 saturated heterocycles. The number of amides is 1. The van der Waals surface area contributed by atoms with E-state index in [1.807, 2.05) is 30.3 Å². The van der Waals surface area contributed by atoms with E-state index >= 15 is 0 Å². The van der Waals surface area contributed by atoms with Gasteiger partial charge in [0.25, 0.3) is 0 Å². The van der Waals surface area contributed by atoms with Crippen molar-refractivity contribution in [3.05, 3.63) is 41.7 Å². The zero-order valence-corrected chi connectivity index (χ0v) is 17.0. The first kappa shape index (κ1) is 21.4. The predicted molar refractivity (Wildman–Crippen MR) is 107 cm³/mol. The molecule has 9 heteroatoms. The van der Waals surface area contributed by atoms with E-state index in [1.54, 1.807) is 16.6 Å². The third kappa shape index (κ3) is 6.59. The van der Waals surface area contributed by atoms with Gasteiger partial charge in [-0.05, 0) is 28.8 Å². The highest BCUT2D eigenvalue weighted by Gasteiger charge is 2.16. The Morgan fingerprint density at radius 1 is 1.28 bits per heavy atom. The number of hydrogen-bond donors (Lipinski definition) is 1. The van der Waals surface area contributed by atoms with Gasteiger partial charge < -0.3 is 14.7 Å². The van der Waals surface area contributed by atoms with Gasteiger partial charge in [0.1, 0.15) is 0 Å². The molecule has 158 valence electrons. The van der Waals surface area contributed by atoms with Gasteiger partial charge in [-0.25, -0.2) is 4.68 Å². The van der Waals surface area contributed by atoms with Crippen LogP contribution in [0.5, 0.6) is 0 Å². The molecule has 0 bridgehead atoms. The molecule has 2 heterocycles. The summed E-state index contributed by atoms with van der Waals surface area (Å²) in [6, 6.07) is 9.52. The topological polar surface area (TPSA) is 96.6 Å². The van der Waals surface area contributed by atoms with Gasteiger partial charge in [0.05, 0.1) is 25.9 Å². The summed E-state index contributed by atoms with van der Waals surface area (Å²) in [6.45, 7) is 5.06. The van der Waals surface area contributed by atoms with Crippen molar-refractivity contribution < 1.29 is 14.6 Å². The summed E-state index contributed by atoms with van der Waals surface area (Å²) in [4.78, 5) is 16.3. The normalized spacial score (nSPS) is 15.9. The maximum atomic E-state index is 12.4. The summed E-state index contributed by atoms with van der Waals surface area (Å²) < 4.78 is 7.14. The molecule has 0 radical (unpaired) electrons. The molecule has 1 amide bonds. The number of aliphatic hydroxyl groups excluding tert-OH is 1. The van der Waals surface area contributed by atoms with Crippen LogP contribution in [0.15, 0.2) is 30.3 Å². The van der Waals surface area contributed by atoms with Crippen LogP contribution in [0.2, 0.25) is 0 Å². The number of rotatable bonds is 10. The van der Waals surface area contributed by atoms with E-state index in [4.69, 9.17) is 4.74 Å². The summed E-state index contributed by atoms with van der Waals surface area (Å²) in [5.41, 5.74) is 0.875. The number of benzene rings is 1. The van der Waals surface area contributed by atoms with Crippen LogP contribution in [-0.2, 0) is 22.6 Å². The molecule has 0 saturated carbocycles. The molecule has 1 aromatic heterocycles. The van der Waals surface area contributed by atoms with Crippen LogP contribution in [0.1, 0.15) is 36.8 Å². The number of aryl methyl sites for hydroxylation is 1. The minimum atomic E-state index is -0.560. The smallest absolute Gasteiger partial charge is 0.222 e. The van der Waals surface area contributed by atoms with Crippen molar-refractivity contribution in [2.24, 2.45) is 0 Å². The van der Waals surface area contributed by atoms with Gasteiger partial charge in [0.2, 0.25) is 5.91 Å². The molecule has 1 aromatic carbocycles. The number of nitrogens with zero attached hydrogens (tertiary/aromatic N) is 6. The van der Waals surface area contributed by atoms with Crippen molar-refractivity contribution in [1.29, 1.82) is 0 Å². The zero-order valence-electron chi connectivity index (χ0n) is 17.0. The summed E-state index contributed by atoms with van der Waals surface area (Å²) in [5.74, 6) is 0.881. The van der Waals surface area contributed by atoms with Gasteiger partial charge in [0, 0.05) is 39.6 Å². The number of morpholine rings is 1. The quantitative estimate of drug-likeness (QED) is 0.630. The van der Waals surface area contributed by atoms with E-state index in [0.717, 1.165) is 37.7 Å². The van der Waals surface area contributed by atoms with Crippen molar-refractivity contribution in [3.63, 3.8) is 0 Å². The highest BCUT2D eigenvalue weighted by Crippen LogP contribution is 2.16. The fourth-order valence-corrected chi connectivity index (χ4v) is 3.32. The van der Waals surface area contributed by atoms with Crippen molar-refractivity contribution in [1.82, 2.24) is 30.0 Å². The van der Waals surface area contributed by atoms with Crippen LogP contribution in [0.3, 0.4) is 0 Å². The van der Waals surface area contributed by atoms with Crippen molar-refractivity contribution in [2.75, 3.05) is 39.9 Å². The molecule has 1 atom stereocenters. The lowest BCUT2D eigenvalue weighted by molar-refractivity contribution is -0.130. The Labute approximate surface area is 171 Å². The summed E-state index contributed by atoms with van der Waals surface area (Å²) >= 11 is 0. The molecule has 2 aromatic rings. The monoisotopic (exact) mass is 402 g/mol. The summed E-state index contributed by atoms with van der Waals surface area (Å²) in [7, 11) is 1.78. The summed E-state index contributed by atoms with van der Waals surface area (Å²) in [5, 5.41) is 22.2. The van der Waals surface area contributed by atoms with Crippen LogP contribution >= 0.6 is 0 Å². The van der Waals surface area contributed by atoms with Crippen LogP contribution < -0.4 is 0 Å². The molecule has 0 unspecified atom stereocenters.